The first-order valence-electron chi connectivity index (χ1n) is 9.84. The Morgan fingerprint density at radius 1 is 1.03 bits per heavy atom. The number of para-hydroxylation sites is 1. The van der Waals surface area contributed by atoms with Crippen LogP contribution in [0.5, 0.6) is 5.75 Å². The largest absolute Gasteiger partial charge is 0.484 e. The number of furan rings is 1. The summed E-state index contributed by atoms with van der Waals surface area (Å²) in [5.74, 6) is -0.913. The van der Waals surface area contributed by atoms with Gasteiger partial charge in [0.05, 0.1) is 5.69 Å². The molecule has 0 saturated carbocycles. The summed E-state index contributed by atoms with van der Waals surface area (Å²) in [6.07, 6.45) is 0. The number of hydrogen-bond acceptors (Lipinski definition) is 4. The number of hydrogen-bond donors (Lipinski definition) is 1. The van der Waals surface area contributed by atoms with Gasteiger partial charge >= 0.3 is 0 Å². The maximum absolute atomic E-state index is 13.3. The molecule has 0 aliphatic heterocycles. The molecule has 4 aromatic rings. The minimum atomic E-state index is -0.471. The Morgan fingerprint density at radius 2 is 1.69 bits per heavy atom. The molecule has 0 aliphatic carbocycles. The van der Waals surface area contributed by atoms with Crippen LogP contribution in [0.15, 0.2) is 65.1 Å². The van der Waals surface area contributed by atoms with Crippen LogP contribution in [-0.2, 0) is 4.79 Å². The zero-order valence-electron chi connectivity index (χ0n) is 17.4. The van der Waals surface area contributed by atoms with Crippen molar-refractivity contribution in [1.82, 2.24) is 0 Å². The van der Waals surface area contributed by atoms with Gasteiger partial charge in [-0.25, -0.2) is 4.39 Å². The van der Waals surface area contributed by atoms with Crippen molar-refractivity contribution in [2.24, 2.45) is 0 Å². The van der Waals surface area contributed by atoms with Gasteiger partial charge < -0.3 is 14.5 Å². The van der Waals surface area contributed by atoms with Gasteiger partial charge in [-0.05, 0) is 73.5 Å². The number of fused-ring (bicyclic) bond motifs is 1. The van der Waals surface area contributed by atoms with Gasteiger partial charge in [-0.15, -0.1) is 0 Å². The number of rotatable bonds is 6. The Bertz CT molecular complexity index is 1300. The highest BCUT2D eigenvalue weighted by Crippen LogP contribution is 2.32. The molecule has 1 heterocycles. The van der Waals surface area contributed by atoms with E-state index < -0.39 is 17.5 Å². The number of benzene rings is 3. The van der Waals surface area contributed by atoms with Crippen molar-refractivity contribution < 1.29 is 23.1 Å². The Labute approximate surface area is 188 Å². The summed E-state index contributed by atoms with van der Waals surface area (Å²) in [4.78, 5) is 25.7. The van der Waals surface area contributed by atoms with E-state index in [-0.39, 0.29) is 23.6 Å². The standard InChI is InChI=1S/C25H19ClFNO4/c1-14-11-18(12-15(2)22(14)26)31-13-21(29)28-23-19-5-3-4-6-20(19)32-25(23)24(30)16-7-9-17(27)10-8-16/h3-12H,13H2,1-2H3,(H,28,29). The lowest BCUT2D eigenvalue weighted by molar-refractivity contribution is -0.118. The molecule has 1 aromatic heterocycles. The number of aryl methyl sites for hydroxylation is 2. The number of amides is 1. The van der Waals surface area contributed by atoms with E-state index in [2.05, 4.69) is 5.32 Å². The first-order valence-corrected chi connectivity index (χ1v) is 10.2. The van der Waals surface area contributed by atoms with Crippen molar-refractivity contribution in [1.29, 1.82) is 0 Å². The number of carbonyl (C=O) groups excluding carboxylic acids is 2. The molecule has 0 fully saturated rings. The number of ketones is 1. The van der Waals surface area contributed by atoms with Crippen molar-refractivity contribution in [3.8, 4) is 5.75 Å². The molecular formula is C25H19ClFNO4. The van der Waals surface area contributed by atoms with E-state index in [1.54, 1.807) is 36.4 Å². The van der Waals surface area contributed by atoms with Crippen molar-refractivity contribution in [3.63, 3.8) is 0 Å². The lowest BCUT2D eigenvalue weighted by Gasteiger charge is -2.10. The summed E-state index contributed by atoms with van der Waals surface area (Å²) in [5, 5.41) is 3.95. The van der Waals surface area contributed by atoms with Crippen LogP contribution in [0, 0.1) is 19.7 Å². The highest BCUT2D eigenvalue weighted by atomic mass is 35.5. The highest BCUT2D eigenvalue weighted by Gasteiger charge is 2.23. The molecule has 0 aliphatic rings. The average Bonchev–Trinajstić information content (AvgIpc) is 3.14. The molecule has 0 bridgehead atoms. The zero-order valence-corrected chi connectivity index (χ0v) is 18.1. The van der Waals surface area contributed by atoms with Gasteiger partial charge in [-0.2, -0.15) is 0 Å². The molecule has 3 aromatic carbocycles. The second-order valence-electron chi connectivity index (χ2n) is 7.35. The first-order chi connectivity index (χ1) is 15.3. The van der Waals surface area contributed by atoms with E-state index in [0.29, 0.717) is 21.7 Å². The summed E-state index contributed by atoms with van der Waals surface area (Å²) in [5.41, 5.74) is 2.61. The normalized spacial score (nSPS) is 10.9. The summed E-state index contributed by atoms with van der Waals surface area (Å²) in [6.45, 7) is 3.44. The molecular weight excluding hydrogens is 433 g/mol. The fourth-order valence-electron chi connectivity index (χ4n) is 3.38. The van der Waals surface area contributed by atoms with Crippen LogP contribution in [0.1, 0.15) is 27.2 Å². The van der Waals surface area contributed by atoms with Crippen LogP contribution in [0.4, 0.5) is 10.1 Å². The first kappa shape index (κ1) is 21.6. The molecule has 0 spiro atoms. The van der Waals surface area contributed by atoms with Crippen LogP contribution >= 0.6 is 11.6 Å². The van der Waals surface area contributed by atoms with E-state index in [9.17, 15) is 14.0 Å². The number of halogens is 2. The molecule has 7 heteroatoms. The second-order valence-corrected chi connectivity index (χ2v) is 7.72. The third kappa shape index (κ3) is 4.36. The third-order valence-electron chi connectivity index (χ3n) is 4.95. The van der Waals surface area contributed by atoms with E-state index in [1.807, 2.05) is 13.8 Å². The Morgan fingerprint density at radius 3 is 2.38 bits per heavy atom. The molecule has 0 atom stereocenters. The third-order valence-corrected chi connectivity index (χ3v) is 5.55. The van der Waals surface area contributed by atoms with E-state index in [1.165, 1.54) is 24.3 Å². The molecule has 4 rings (SSSR count). The molecule has 0 unspecified atom stereocenters. The fraction of sp³-hybridized carbons (Fsp3) is 0.120. The van der Waals surface area contributed by atoms with E-state index in [4.69, 9.17) is 20.8 Å². The molecule has 0 saturated heterocycles. The number of nitrogens with one attached hydrogen (secondary N) is 1. The van der Waals surface area contributed by atoms with E-state index >= 15 is 0 Å². The summed E-state index contributed by atoms with van der Waals surface area (Å²) >= 11 is 6.17. The number of ether oxygens (including phenoxy) is 1. The van der Waals surface area contributed by atoms with Crippen molar-refractivity contribution in [3.05, 3.63) is 94.0 Å². The van der Waals surface area contributed by atoms with Crippen LogP contribution in [0.25, 0.3) is 11.0 Å². The smallest absolute Gasteiger partial charge is 0.262 e. The van der Waals surface area contributed by atoms with Crippen LogP contribution in [-0.4, -0.2) is 18.3 Å². The van der Waals surface area contributed by atoms with Crippen LogP contribution in [0.3, 0.4) is 0 Å². The Hall–Kier alpha value is -3.64. The van der Waals surface area contributed by atoms with Gasteiger partial charge in [-0.3, -0.25) is 9.59 Å². The molecule has 1 N–H and O–H groups in total. The summed E-state index contributed by atoms with van der Waals surface area (Å²) < 4.78 is 24.6. The number of anilines is 1. The molecule has 1 amide bonds. The molecule has 0 radical (unpaired) electrons. The fourth-order valence-corrected chi connectivity index (χ4v) is 3.48. The minimum absolute atomic E-state index is 0.0376. The predicted molar refractivity (Wildman–Crippen MR) is 121 cm³/mol. The van der Waals surface area contributed by atoms with Crippen molar-refractivity contribution in [2.45, 2.75) is 13.8 Å². The van der Waals surface area contributed by atoms with Gasteiger partial charge in [0, 0.05) is 16.0 Å². The maximum Gasteiger partial charge on any atom is 0.262 e. The summed E-state index contributed by atoms with van der Waals surface area (Å²) in [6, 6.07) is 15.6. The van der Waals surface area contributed by atoms with Gasteiger partial charge in [0.25, 0.3) is 5.91 Å². The Kier molecular flexibility index (Phi) is 5.97. The minimum Gasteiger partial charge on any atom is -0.484 e. The Balaban J connectivity index is 1.59. The summed E-state index contributed by atoms with van der Waals surface area (Å²) in [7, 11) is 0. The lowest BCUT2D eigenvalue weighted by atomic mass is 10.1. The van der Waals surface area contributed by atoms with Crippen molar-refractivity contribution >= 4 is 39.9 Å². The quantitative estimate of drug-likeness (QED) is 0.360. The SMILES string of the molecule is Cc1cc(OCC(=O)Nc2c(C(=O)c3ccc(F)cc3)oc3ccccc23)cc(C)c1Cl. The molecule has 5 nitrogen and oxygen atoms in total. The average molecular weight is 452 g/mol. The van der Waals surface area contributed by atoms with Gasteiger partial charge in [0.2, 0.25) is 5.78 Å². The highest BCUT2D eigenvalue weighted by molar-refractivity contribution is 6.32. The van der Waals surface area contributed by atoms with Crippen molar-refractivity contribution in [2.75, 3.05) is 11.9 Å². The van der Waals surface area contributed by atoms with Gasteiger partial charge in [-0.1, -0.05) is 23.7 Å². The lowest BCUT2D eigenvalue weighted by Crippen LogP contribution is -2.21. The number of carbonyl (C=O) groups is 2. The molecule has 32 heavy (non-hydrogen) atoms. The topological polar surface area (TPSA) is 68.5 Å². The maximum atomic E-state index is 13.3. The zero-order chi connectivity index (χ0) is 22.8. The van der Waals surface area contributed by atoms with Gasteiger partial charge in [0.1, 0.15) is 17.1 Å². The predicted octanol–water partition coefficient (Wildman–Crippen LogP) is 6.09. The van der Waals surface area contributed by atoms with Crippen LogP contribution in [0.2, 0.25) is 5.02 Å². The van der Waals surface area contributed by atoms with Gasteiger partial charge in [0.15, 0.2) is 12.4 Å². The van der Waals surface area contributed by atoms with Crippen LogP contribution < -0.4 is 10.1 Å². The molecule has 162 valence electrons. The monoisotopic (exact) mass is 451 g/mol. The van der Waals surface area contributed by atoms with E-state index in [0.717, 1.165) is 11.1 Å². The second kappa shape index (κ2) is 8.85.